The Hall–Kier alpha value is -3.09. The maximum Gasteiger partial charge on any atom is 0.0796 e. The van der Waals surface area contributed by atoms with Crippen molar-refractivity contribution in [2.45, 2.75) is 39.3 Å². The average Bonchev–Trinajstić information content (AvgIpc) is 2.81. The summed E-state index contributed by atoms with van der Waals surface area (Å²) in [7, 11) is -2.81. The monoisotopic (exact) mass is 476 g/mol. The van der Waals surface area contributed by atoms with Crippen molar-refractivity contribution in [2.75, 3.05) is 0 Å². The summed E-state index contributed by atoms with van der Waals surface area (Å²) in [5.74, 6) is 0. The van der Waals surface area contributed by atoms with Gasteiger partial charge in [0.2, 0.25) is 0 Å². The summed E-state index contributed by atoms with van der Waals surface area (Å²) in [6.45, 7) is 14.2. The molecule has 34 heavy (non-hydrogen) atoms. The zero-order valence-electron chi connectivity index (χ0n) is 21.0. The molecule has 4 heteroatoms. The zero-order valence-corrected chi connectivity index (χ0v) is 23.0. The van der Waals surface area contributed by atoms with E-state index in [9.17, 15) is 0 Å². The predicted octanol–water partition coefficient (Wildman–Crippen LogP) is 7.21. The average molecular weight is 477 g/mol. The molecule has 0 aliphatic heterocycles. The quantitative estimate of drug-likeness (QED) is 0.202. The van der Waals surface area contributed by atoms with E-state index in [1.165, 1.54) is 43.0 Å². The lowest BCUT2D eigenvalue weighted by Gasteiger charge is -2.19. The summed E-state index contributed by atoms with van der Waals surface area (Å²) >= 11 is 0. The lowest BCUT2D eigenvalue weighted by molar-refractivity contribution is 1.34. The van der Waals surface area contributed by atoms with Crippen LogP contribution in [-0.4, -0.2) is 26.1 Å². The second kappa shape index (κ2) is 8.29. The highest BCUT2D eigenvalue weighted by molar-refractivity contribution is 6.89. The number of fused-ring (bicyclic) bond motifs is 2. The molecule has 0 spiro atoms. The van der Waals surface area contributed by atoms with Crippen LogP contribution in [0, 0.1) is 0 Å². The summed E-state index contributed by atoms with van der Waals surface area (Å²) in [5, 5.41) is 7.66. The molecule has 0 aliphatic rings. The Morgan fingerprint density at radius 3 is 1.00 bits per heavy atom. The van der Waals surface area contributed by atoms with Crippen LogP contribution in [0.5, 0.6) is 0 Å². The van der Waals surface area contributed by atoms with Crippen LogP contribution in [0.4, 0.5) is 0 Å². The topological polar surface area (TPSA) is 25.8 Å². The summed E-state index contributed by atoms with van der Waals surface area (Å²) in [6, 6.07) is 26.4. The highest BCUT2D eigenvalue weighted by Crippen LogP contribution is 2.42. The molecule has 0 fully saturated rings. The molecular formula is C30H32N2Si2. The first-order valence-electron chi connectivity index (χ1n) is 12.0. The molecule has 0 unspecified atom stereocenters. The van der Waals surface area contributed by atoms with Crippen molar-refractivity contribution in [3.63, 3.8) is 0 Å². The third-order valence-electron chi connectivity index (χ3n) is 6.70. The number of pyridine rings is 2. The standard InChI is InChI=1S/C30H32N2Si2/c1-33(2,3)21-15-17-27(31-19-21)29-23-11-7-9-13-25(23)30(26-14-10-8-12-24(26)29)28-18-16-22(20-32-28)34(4,5)6/h7-20H,1-6H3. The van der Waals surface area contributed by atoms with Gasteiger partial charge < -0.3 is 0 Å². The van der Waals surface area contributed by atoms with Crippen molar-refractivity contribution in [3.05, 3.63) is 85.2 Å². The Bertz CT molecular complexity index is 1320. The number of hydrogen-bond donors (Lipinski definition) is 0. The Balaban J connectivity index is 1.81. The molecule has 0 aliphatic carbocycles. The number of rotatable bonds is 4. The first kappa shape index (κ1) is 22.7. The van der Waals surface area contributed by atoms with Gasteiger partial charge in [0.1, 0.15) is 0 Å². The lowest BCUT2D eigenvalue weighted by atomic mass is 9.89. The molecule has 5 rings (SSSR count). The number of hydrogen-bond acceptors (Lipinski definition) is 2. The largest absolute Gasteiger partial charge is 0.256 e. The lowest BCUT2D eigenvalue weighted by Crippen LogP contribution is -2.37. The zero-order chi connectivity index (χ0) is 24.1. The molecule has 0 saturated carbocycles. The van der Waals surface area contributed by atoms with Gasteiger partial charge in [0.25, 0.3) is 0 Å². The van der Waals surface area contributed by atoms with Gasteiger partial charge in [-0.1, -0.05) is 99.9 Å². The minimum Gasteiger partial charge on any atom is -0.256 e. The van der Waals surface area contributed by atoms with Crippen LogP contribution in [0.15, 0.2) is 85.2 Å². The molecule has 2 aromatic heterocycles. The Morgan fingerprint density at radius 1 is 0.441 bits per heavy atom. The van der Waals surface area contributed by atoms with E-state index < -0.39 is 16.1 Å². The van der Waals surface area contributed by atoms with E-state index in [2.05, 4.69) is 124 Å². The molecule has 0 N–H and O–H groups in total. The predicted molar refractivity (Wildman–Crippen MR) is 154 cm³/mol. The third-order valence-corrected chi connectivity index (χ3v) is 10.8. The van der Waals surface area contributed by atoms with Crippen molar-refractivity contribution in [1.82, 2.24) is 9.97 Å². The second-order valence-electron chi connectivity index (χ2n) is 11.2. The molecule has 0 atom stereocenters. The van der Waals surface area contributed by atoms with Crippen molar-refractivity contribution in [2.24, 2.45) is 0 Å². The van der Waals surface area contributed by atoms with E-state index in [0.29, 0.717) is 0 Å². The van der Waals surface area contributed by atoms with E-state index in [0.717, 1.165) is 11.4 Å². The normalized spacial score (nSPS) is 12.4. The highest BCUT2D eigenvalue weighted by atomic mass is 28.3. The number of benzene rings is 3. The van der Waals surface area contributed by atoms with E-state index >= 15 is 0 Å². The van der Waals surface area contributed by atoms with Crippen LogP contribution in [0.25, 0.3) is 44.1 Å². The summed E-state index contributed by atoms with van der Waals surface area (Å²) in [5.41, 5.74) is 4.47. The third kappa shape index (κ3) is 4.01. The Kier molecular flexibility index (Phi) is 5.54. The van der Waals surface area contributed by atoms with Gasteiger partial charge in [-0.2, -0.15) is 0 Å². The Morgan fingerprint density at radius 2 is 0.765 bits per heavy atom. The molecule has 0 amide bonds. The maximum absolute atomic E-state index is 4.98. The first-order chi connectivity index (χ1) is 16.1. The smallest absolute Gasteiger partial charge is 0.0796 e. The van der Waals surface area contributed by atoms with Crippen LogP contribution in [0.3, 0.4) is 0 Å². The molecule has 0 bridgehead atoms. The van der Waals surface area contributed by atoms with Gasteiger partial charge in [-0.3, -0.25) is 9.97 Å². The van der Waals surface area contributed by atoms with Crippen molar-refractivity contribution in [3.8, 4) is 22.5 Å². The van der Waals surface area contributed by atoms with Gasteiger partial charge in [0.05, 0.1) is 27.5 Å². The van der Waals surface area contributed by atoms with Crippen molar-refractivity contribution in [1.29, 1.82) is 0 Å². The van der Waals surface area contributed by atoms with Gasteiger partial charge in [-0.15, -0.1) is 0 Å². The molecule has 2 heterocycles. The molecule has 0 radical (unpaired) electrons. The van der Waals surface area contributed by atoms with Crippen molar-refractivity contribution >= 4 is 48.1 Å². The van der Waals surface area contributed by atoms with E-state index in [-0.39, 0.29) is 0 Å². The van der Waals surface area contributed by atoms with Gasteiger partial charge in [-0.25, -0.2) is 0 Å². The van der Waals surface area contributed by atoms with Gasteiger partial charge >= 0.3 is 0 Å². The summed E-state index contributed by atoms with van der Waals surface area (Å²) < 4.78 is 0. The van der Waals surface area contributed by atoms with Gasteiger partial charge in [0, 0.05) is 23.5 Å². The molecule has 170 valence electrons. The Labute approximate surface area is 204 Å². The van der Waals surface area contributed by atoms with Crippen LogP contribution < -0.4 is 10.4 Å². The SMILES string of the molecule is C[Si](C)(C)c1ccc(-c2c3ccccc3c(-c3ccc([Si](C)(C)C)cn3)c3ccccc23)nc1. The number of nitrogens with zero attached hydrogens (tertiary/aromatic N) is 2. The molecule has 3 aromatic carbocycles. The maximum atomic E-state index is 4.98. The van der Waals surface area contributed by atoms with Gasteiger partial charge in [0.15, 0.2) is 0 Å². The molecular weight excluding hydrogens is 445 g/mol. The fourth-order valence-electron chi connectivity index (χ4n) is 4.65. The van der Waals surface area contributed by atoms with E-state index in [4.69, 9.17) is 9.97 Å². The minimum atomic E-state index is -1.40. The van der Waals surface area contributed by atoms with Crippen LogP contribution in [0.2, 0.25) is 39.3 Å². The fourth-order valence-corrected chi connectivity index (χ4v) is 6.72. The molecule has 0 saturated heterocycles. The van der Waals surface area contributed by atoms with Crippen LogP contribution in [0.1, 0.15) is 0 Å². The van der Waals surface area contributed by atoms with Crippen molar-refractivity contribution < 1.29 is 0 Å². The van der Waals surface area contributed by atoms with Crippen LogP contribution >= 0.6 is 0 Å². The summed E-state index contributed by atoms with van der Waals surface area (Å²) in [4.78, 5) is 9.96. The number of aromatic nitrogens is 2. The van der Waals surface area contributed by atoms with E-state index in [1.54, 1.807) is 0 Å². The molecule has 5 aromatic rings. The fraction of sp³-hybridized carbons (Fsp3) is 0.200. The summed E-state index contributed by atoms with van der Waals surface area (Å²) in [6.07, 6.45) is 4.19. The minimum absolute atomic E-state index is 1.03. The molecule has 2 nitrogen and oxygen atoms in total. The van der Waals surface area contributed by atoms with Gasteiger partial charge in [-0.05, 0) is 44.1 Å². The second-order valence-corrected chi connectivity index (χ2v) is 21.4. The first-order valence-corrected chi connectivity index (χ1v) is 19.0. The van der Waals surface area contributed by atoms with E-state index in [1.807, 2.05) is 0 Å². The van der Waals surface area contributed by atoms with Crippen LogP contribution in [-0.2, 0) is 0 Å². The highest BCUT2D eigenvalue weighted by Gasteiger charge is 2.21.